The number of aromatic carboxylic acids is 1. The van der Waals surface area contributed by atoms with Crippen LogP contribution in [0.2, 0.25) is 0 Å². The molecule has 1 aliphatic rings. The summed E-state index contributed by atoms with van der Waals surface area (Å²) in [6.45, 7) is 2.00. The van der Waals surface area contributed by atoms with E-state index in [9.17, 15) is 19.1 Å². The van der Waals surface area contributed by atoms with Crippen molar-refractivity contribution >= 4 is 22.7 Å². The highest BCUT2D eigenvalue weighted by atomic mass is 19.1. The maximum absolute atomic E-state index is 14.4. The first-order chi connectivity index (χ1) is 13.5. The number of piperidine rings is 1. The Bertz CT molecular complexity index is 1090. The second kappa shape index (κ2) is 7.38. The smallest absolute Gasteiger partial charge is 0.341 e. The molecule has 7 nitrogen and oxygen atoms in total. The van der Waals surface area contributed by atoms with Crippen molar-refractivity contribution in [3.8, 4) is 0 Å². The van der Waals surface area contributed by atoms with E-state index < -0.39 is 22.8 Å². The second-order valence-corrected chi connectivity index (χ2v) is 6.87. The molecule has 0 bridgehead atoms. The van der Waals surface area contributed by atoms with E-state index in [0.717, 1.165) is 37.9 Å². The van der Waals surface area contributed by atoms with Gasteiger partial charge in [-0.3, -0.25) is 4.79 Å². The number of carboxylic acids is 1. The van der Waals surface area contributed by atoms with Crippen LogP contribution in [0, 0.1) is 5.82 Å². The molecular formula is C20H19FN4O3. The predicted octanol–water partition coefficient (Wildman–Crippen LogP) is 2.67. The Balaban J connectivity index is 1.72. The SMILES string of the molecule is O=C(O)c1cn(Cc2ccc(N3CCCCC3)nn2)c2c(F)cccc2c1=O. The average molecular weight is 382 g/mol. The Morgan fingerprint density at radius 1 is 1.11 bits per heavy atom. The lowest BCUT2D eigenvalue weighted by Crippen LogP contribution is -2.30. The number of carboxylic acid groups (broad SMARTS) is 1. The molecular weight excluding hydrogens is 363 g/mol. The number of para-hydroxylation sites is 1. The molecule has 1 aromatic carbocycles. The number of hydrogen-bond donors (Lipinski definition) is 1. The molecule has 0 radical (unpaired) electrons. The monoisotopic (exact) mass is 382 g/mol. The number of nitrogens with zero attached hydrogens (tertiary/aromatic N) is 4. The van der Waals surface area contributed by atoms with Gasteiger partial charge in [-0.05, 0) is 43.5 Å². The number of benzene rings is 1. The summed E-state index contributed by atoms with van der Waals surface area (Å²) in [4.78, 5) is 26.0. The molecule has 144 valence electrons. The molecule has 0 aliphatic carbocycles. The Kier molecular flexibility index (Phi) is 4.77. The molecule has 0 unspecified atom stereocenters. The first-order valence-corrected chi connectivity index (χ1v) is 9.17. The standard InChI is InChI=1S/C20H19FN4O3/c21-16-6-4-5-14-18(16)25(12-15(19(14)26)20(27)28)11-13-7-8-17(23-22-13)24-9-2-1-3-10-24/h4-8,12H,1-3,9-11H2,(H,27,28). The van der Waals surface area contributed by atoms with E-state index in [2.05, 4.69) is 15.1 Å². The van der Waals surface area contributed by atoms with Gasteiger partial charge in [0.25, 0.3) is 0 Å². The fourth-order valence-electron chi connectivity index (χ4n) is 3.59. The highest BCUT2D eigenvalue weighted by Gasteiger charge is 2.18. The molecule has 0 amide bonds. The quantitative estimate of drug-likeness (QED) is 0.746. The van der Waals surface area contributed by atoms with Crippen LogP contribution in [0.4, 0.5) is 10.2 Å². The Morgan fingerprint density at radius 3 is 2.57 bits per heavy atom. The fraction of sp³-hybridized carbons (Fsp3) is 0.300. The summed E-state index contributed by atoms with van der Waals surface area (Å²) in [7, 11) is 0. The summed E-state index contributed by atoms with van der Waals surface area (Å²) in [5.41, 5.74) is -0.509. The van der Waals surface area contributed by atoms with Crippen molar-refractivity contribution in [2.45, 2.75) is 25.8 Å². The van der Waals surface area contributed by atoms with Gasteiger partial charge in [-0.25, -0.2) is 9.18 Å². The highest BCUT2D eigenvalue weighted by Crippen LogP contribution is 2.19. The van der Waals surface area contributed by atoms with Gasteiger partial charge in [-0.15, -0.1) is 5.10 Å². The van der Waals surface area contributed by atoms with Crippen molar-refractivity contribution in [2.75, 3.05) is 18.0 Å². The van der Waals surface area contributed by atoms with Gasteiger partial charge in [0.15, 0.2) is 5.82 Å². The molecule has 1 fully saturated rings. The number of aromatic nitrogens is 3. The fourth-order valence-corrected chi connectivity index (χ4v) is 3.59. The van der Waals surface area contributed by atoms with Gasteiger partial charge < -0.3 is 14.6 Å². The van der Waals surface area contributed by atoms with Gasteiger partial charge in [0.05, 0.1) is 17.8 Å². The molecule has 1 aliphatic heterocycles. The van der Waals surface area contributed by atoms with Crippen LogP contribution in [0.1, 0.15) is 35.3 Å². The second-order valence-electron chi connectivity index (χ2n) is 6.87. The molecule has 1 saturated heterocycles. The lowest BCUT2D eigenvalue weighted by Gasteiger charge is -2.27. The minimum atomic E-state index is -1.35. The lowest BCUT2D eigenvalue weighted by atomic mass is 10.1. The van der Waals surface area contributed by atoms with E-state index >= 15 is 0 Å². The van der Waals surface area contributed by atoms with Crippen molar-refractivity contribution in [1.82, 2.24) is 14.8 Å². The summed E-state index contributed by atoms with van der Waals surface area (Å²) in [5.74, 6) is -1.15. The lowest BCUT2D eigenvalue weighted by molar-refractivity contribution is 0.0695. The van der Waals surface area contributed by atoms with Gasteiger partial charge in [0.2, 0.25) is 5.43 Å². The van der Waals surface area contributed by atoms with Gasteiger partial charge >= 0.3 is 5.97 Å². The summed E-state index contributed by atoms with van der Waals surface area (Å²) >= 11 is 0. The number of fused-ring (bicyclic) bond motifs is 1. The zero-order valence-electron chi connectivity index (χ0n) is 15.1. The maximum atomic E-state index is 14.4. The molecule has 28 heavy (non-hydrogen) atoms. The van der Waals surface area contributed by atoms with Crippen LogP contribution >= 0.6 is 0 Å². The summed E-state index contributed by atoms with van der Waals surface area (Å²) in [6.07, 6.45) is 4.64. The highest BCUT2D eigenvalue weighted by molar-refractivity contribution is 5.92. The number of carbonyl (C=O) groups is 1. The van der Waals surface area contributed by atoms with Crippen LogP contribution < -0.4 is 10.3 Å². The first-order valence-electron chi connectivity index (χ1n) is 9.17. The van der Waals surface area contributed by atoms with E-state index in [1.807, 2.05) is 6.07 Å². The maximum Gasteiger partial charge on any atom is 0.341 e. The van der Waals surface area contributed by atoms with Crippen molar-refractivity contribution in [2.24, 2.45) is 0 Å². The molecule has 0 atom stereocenters. The third-order valence-electron chi connectivity index (χ3n) is 5.00. The largest absolute Gasteiger partial charge is 0.477 e. The zero-order valence-corrected chi connectivity index (χ0v) is 15.1. The van der Waals surface area contributed by atoms with Crippen LogP contribution in [0.25, 0.3) is 10.9 Å². The van der Waals surface area contributed by atoms with Crippen LogP contribution in [0.3, 0.4) is 0 Å². The van der Waals surface area contributed by atoms with Crippen molar-refractivity contribution in [3.63, 3.8) is 0 Å². The van der Waals surface area contributed by atoms with Gasteiger partial charge in [-0.1, -0.05) is 6.07 Å². The molecule has 1 N–H and O–H groups in total. The Labute approximate surface area is 160 Å². The first kappa shape index (κ1) is 18.1. The zero-order chi connectivity index (χ0) is 19.7. The number of halogens is 1. The normalized spacial score (nSPS) is 14.4. The summed E-state index contributed by atoms with van der Waals surface area (Å²) in [5, 5.41) is 17.8. The molecule has 0 spiro atoms. The molecule has 3 heterocycles. The van der Waals surface area contributed by atoms with Crippen LogP contribution in [-0.4, -0.2) is 38.9 Å². The molecule has 4 rings (SSSR count). The van der Waals surface area contributed by atoms with Crippen LogP contribution in [-0.2, 0) is 6.54 Å². The van der Waals surface area contributed by atoms with Gasteiger partial charge in [-0.2, -0.15) is 5.10 Å². The minimum Gasteiger partial charge on any atom is -0.477 e. The molecule has 8 heteroatoms. The number of rotatable bonds is 4. The Morgan fingerprint density at radius 2 is 1.89 bits per heavy atom. The van der Waals surface area contributed by atoms with Gasteiger partial charge in [0, 0.05) is 24.7 Å². The van der Waals surface area contributed by atoms with Crippen molar-refractivity contribution < 1.29 is 14.3 Å². The van der Waals surface area contributed by atoms with Crippen LogP contribution in [0.15, 0.2) is 41.3 Å². The average Bonchev–Trinajstić information content (AvgIpc) is 2.71. The predicted molar refractivity (Wildman–Crippen MR) is 102 cm³/mol. The van der Waals surface area contributed by atoms with Crippen LogP contribution in [0.5, 0.6) is 0 Å². The summed E-state index contributed by atoms with van der Waals surface area (Å²) in [6, 6.07) is 7.72. The summed E-state index contributed by atoms with van der Waals surface area (Å²) < 4.78 is 15.8. The van der Waals surface area contributed by atoms with E-state index in [1.165, 1.54) is 29.2 Å². The molecule has 0 saturated carbocycles. The van der Waals surface area contributed by atoms with E-state index in [-0.39, 0.29) is 17.4 Å². The number of anilines is 1. The third kappa shape index (κ3) is 3.33. The van der Waals surface area contributed by atoms with Crippen molar-refractivity contribution in [3.05, 3.63) is 63.8 Å². The third-order valence-corrected chi connectivity index (χ3v) is 5.00. The van der Waals surface area contributed by atoms with E-state index in [4.69, 9.17) is 0 Å². The van der Waals surface area contributed by atoms with Crippen molar-refractivity contribution in [1.29, 1.82) is 0 Å². The topological polar surface area (TPSA) is 88.3 Å². The number of hydrogen-bond acceptors (Lipinski definition) is 5. The van der Waals surface area contributed by atoms with E-state index in [1.54, 1.807) is 6.07 Å². The number of pyridine rings is 1. The van der Waals surface area contributed by atoms with E-state index in [0.29, 0.717) is 5.69 Å². The minimum absolute atomic E-state index is 0.0257. The Hall–Kier alpha value is -3.29. The molecule has 2 aromatic heterocycles. The molecule has 3 aromatic rings. The van der Waals surface area contributed by atoms with Gasteiger partial charge in [0.1, 0.15) is 11.4 Å².